The second-order valence-electron chi connectivity index (χ2n) is 7.83. The lowest BCUT2D eigenvalue weighted by Crippen LogP contribution is -2.52. The maximum Gasteiger partial charge on any atom is 0.171 e. The van der Waals surface area contributed by atoms with Crippen molar-refractivity contribution in [2.45, 2.75) is 32.9 Å². The summed E-state index contributed by atoms with van der Waals surface area (Å²) in [7, 11) is 2.19. The molecule has 2 atom stereocenters. The first kappa shape index (κ1) is 20.8. The number of nitrogens with zero attached hydrogens (tertiary/aromatic N) is 2. The fraction of sp³-hybridized carbons (Fsp3) is 0.435. The van der Waals surface area contributed by atoms with E-state index in [1.807, 2.05) is 0 Å². The highest BCUT2D eigenvalue weighted by molar-refractivity contribution is 7.80. The van der Waals surface area contributed by atoms with E-state index in [0.717, 1.165) is 31.9 Å². The van der Waals surface area contributed by atoms with Crippen molar-refractivity contribution in [1.29, 1.82) is 0 Å². The van der Waals surface area contributed by atoms with Crippen LogP contribution in [0, 0.1) is 13.8 Å². The van der Waals surface area contributed by atoms with Gasteiger partial charge in [-0.05, 0) is 62.8 Å². The van der Waals surface area contributed by atoms with Crippen molar-refractivity contribution < 1.29 is 0 Å². The first-order valence-corrected chi connectivity index (χ1v) is 10.5. The number of likely N-dealkylation sites (N-methyl/N-ethyl adjacent to an activating group) is 1. The van der Waals surface area contributed by atoms with E-state index in [0.29, 0.717) is 5.11 Å². The standard InChI is InChI=1S/C23H32N4S/c1-17-9-8-12-21(18(17)2)25-23(28)24-19(3)22(20-10-6-5-7-11-20)27-15-13-26(4)14-16-27/h5-12,19,22H,13-16H2,1-4H3,(H2,24,25,28)/t19-,22+/m1/s1. The summed E-state index contributed by atoms with van der Waals surface area (Å²) in [6.07, 6.45) is 0. The summed E-state index contributed by atoms with van der Waals surface area (Å²) in [4.78, 5) is 4.97. The molecule has 150 valence electrons. The van der Waals surface area contributed by atoms with Crippen LogP contribution in [0.5, 0.6) is 0 Å². The van der Waals surface area contributed by atoms with Crippen LogP contribution in [0.4, 0.5) is 5.69 Å². The highest BCUT2D eigenvalue weighted by Gasteiger charge is 2.28. The average molecular weight is 397 g/mol. The molecule has 1 aliphatic heterocycles. The molecule has 0 unspecified atom stereocenters. The van der Waals surface area contributed by atoms with Gasteiger partial charge in [-0.25, -0.2) is 0 Å². The van der Waals surface area contributed by atoms with E-state index in [2.05, 4.69) is 96.8 Å². The van der Waals surface area contributed by atoms with Crippen molar-refractivity contribution in [2.24, 2.45) is 0 Å². The van der Waals surface area contributed by atoms with Crippen LogP contribution in [0.3, 0.4) is 0 Å². The molecule has 0 amide bonds. The molecule has 0 radical (unpaired) electrons. The van der Waals surface area contributed by atoms with Gasteiger partial charge in [-0.2, -0.15) is 0 Å². The van der Waals surface area contributed by atoms with E-state index in [4.69, 9.17) is 12.2 Å². The normalized spacial score (nSPS) is 17.7. The topological polar surface area (TPSA) is 30.5 Å². The van der Waals surface area contributed by atoms with Gasteiger partial charge in [0.05, 0.1) is 6.04 Å². The third-order valence-corrected chi connectivity index (χ3v) is 5.98. The zero-order valence-corrected chi connectivity index (χ0v) is 18.2. The highest BCUT2D eigenvalue weighted by atomic mass is 32.1. The number of anilines is 1. The molecule has 3 rings (SSSR count). The van der Waals surface area contributed by atoms with Gasteiger partial charge >= 0.3 is 0 Å². The Labute approximate surface area is 174 Å². The molecule has 0 bridgehead atoms. The van der Waals surface area contributed by atoms with Gasteiger partial charge in [0.25, 0.3) is 0 Å². The molecule has 1 fully saturated rings. The zero-order chi connectivity index (χ0) is 20.1. The van der Waals surface area contributed by atoms with Gasteiger partial charge in [-0.3, -0.25) is 4.90 Å². The number of rotatable bonds is 5. The number of nitrogens with one attached hydrogen (secondary N) is 2. The Kier molecular flexibility index (Phi) is 7.05. The minimum absolute atomic E-state index is 0.191. The number of hydrogen-bond donors (Lipinski definition) is 2. The summed E-state index contributed by atoms with van der Waals surface area (Å²) in [6.45, 7) is 10.8. The first-order valence-electron chi connectivity index (χ1n) is 10.1. The molecule has 2 N–H and O–H groups in total. The van der Waals surface area contributed by atoms with Gasteiger partial charge in [0, 0.05) is 37.9 Å². The second kappa shape index (κ2) is 9.50. The number of thiocarbonyl (C=S) groups is 1. The molecule has 28 heavy (non-hydrogen) atoms. The fourth-order valence-corrected chi connectivity index (χ4v) is 4.19. The Balaban J connectivity index is 1.72. The Hall–Kier alpha value is -1.95. The number of piperazine rings is 1. The van der Waals surface area contributed by atoms with Gasteiger partial charge in [0.2, 0.25) is 0 Å². The molecular weight excluding hydrogens is 364 g/mol. The van der Waals surface area contributed by atoms with Crippen molar-refractivity contribution in [3.8, 4) is 0 Å². The monoisotopic (exact) mass is 396 g/mol. The molecule has 2 aromatic rings. The predicted octanol–water partition coefficient (Wildman–Crippen LogP) is 3.97. The molecule has 1 aliphatic rings. The fourth-order valence-electron chi connectivity index (χ4n) is 3.90. The van der Waals surface area contributed by atoms with Crippen LogP contribution in [0.2, 0.25) is 0 Å². The smallest absolute Gasteiger partial charge is 0.171 e. The lowest BCUT2D eigenvalue weighted by atomic mass is 9.98. The summed E-state index contributed by atoms with van der Waals surface area (Å²) in [5, 5.41) is 7.62. The van der Waals surface area contributed by atoms with E-state index in [9.17, 15) is 0 Å². The Morgan fingerprint density at radius 1 is 0.964 bits per heavy atom. The van der Waals surface area contributed by atoms with Gasteiger partial charge < -0.3 is 15.5 Å². The molecular formula is C23H32N4S. The van der Waals surface area contributed by atoms with Gasteiger partial charge in [0.1, 0.15) is 0 Å². The summed E-state index contributed by atoms with van der Waals surface area (Å²) in [5.41, 5.74) is 4.90. The van der Waals surface area contributed by atoms with Gasteiger partial charge in [-0.15, -0.1) is 0 Å². The highest BCUT2D eigenvalue weighted by Crippen LogP contribution is 2.26. The summed E-state index contributed by atoms with van der Waals surface area (Å²) in [6, 6.07) is 17.5. The van der Waals surface area contributed by atoms with Crippen molar-refractivity contribution in [2.75, 3.05) is 38.5 Å². The van der Waals surface area contributed by atoms with Crippen LogP contribution in [-0.2, 0) is 0 Å². The SMILES string of the molecule is Cc1cccc(NC(=S)N[C@H](C)[C@@H](c2ccccc2)N2CCN(C)CC2)c1C. The predicted molar refractivity (Wildman–Crippen MR) is 123 cm³/mol. The van der Waals surface area contributed by atoms with Crippen molar-refractivity contribution in [3.05, 3.63) is 65.2 Å². The Bertz CT molecular complexity index is 784. The number of benzene rings is 2. The lowest BCUT2D eigenvalue weighted by molar-refractivity contribution is 0.0973. The Morgan fingerprint density at radius 3 is 2.32 bits per heavy atom. The minimum Gasteiger partial charge on any atom is -0.358 e. The van der Waals surface area contributed by atoms with Crippen LogP contribution >= 0.6 is 12.2 Å². The van der Waals surface area contributed by atoms with Crippen LogP contribution in [0.15, 0.2) is 48.5 Å². The van der Waals surface area contributed by atoms with E-state index in [1.54, 1.807) is 0 Å². The van der Waals surface area contributed by atoms with E-state index < -0.39 is 0 Å². The van der Waals surface area contributed by atoms with E-state index in [-0.39, 0.29) is 12.1 Å². The van der Waals surface area contributed by atoms with Crippen LogP contribution in [-0.4, -0.2) is 54.2 Å². The molecule has 0 saturated carbocycles. The molecule has 1 heterocycles. The largest absolute Gasteiger partial charge is 0.358 e. The second-order valence-corrected chi connectivity index (χ2v) is 8.24. The van der Waals surface area contributed by atoms with Crippen molar-refractivity contribution in [3.63, 3.8) is 0 Å². The lowest BCUT2D eigenvalue weighted by Gasteiger charge is -2.41. The van der Waals surface area contributed by atoms with E-state index in [1.165, 1.54) is 16.7 Å². The molecule has 1 saturated heterocycles. The molecule has 2 aromatic carbocycles. The summed E-state index contributed by atoms with van der Waals surface area (Å²) in [5.74, 6) is 0. The zero-order valence-electron chi connectivity index (χ0n) is 17.4. The van der Waals surface area contributed by atoms with E-state index >= 15 is 0 Å². The summed E-state index contributed by atoms with van der Waals surface area (Å²) < 4.78 is 0. The summed E-state index contributed by atoms with van der Waals surface area (Å²) >= 11 is 5.66. The van der Waals surface area contributed by atoms with Crippen LogP contribution < -0.4 is 10.6 Å². The van der Waals surface area contributed by atoms with Crippen molar-refractivity contribution >= 4 is 23.0 Å². The van der Waals surface area contributed by atoms with Crippen molar-refractivity contribution in [1.82, 2.24) is 15.1 Å². The third kappa shape index (κ3) is 5.10. The quantitative estimate of drug-likeness (QED) is 0.747. The minimum atomic E-state index is 0.191. The molecule has 0 aromatic heterocycles. The third-order valence-electron chi connectivity index (χ3n) is 5.76. The molecule has 4 nitrogen and oxygen atoms in total. The first-order chi connectivity index (χ1) is 13.5. The molecule has 0 aliphatic carbocycles. The molecule has 5 heteroatoms. The van der Waals surface area contributed by atoms with Crippen LogP contribution in [0.25, 0.3) is 0 Å². The van der Waals surface area contributed by atoms with Gasteiger partial charge in [0.15, 0.2) is 5.11 Å². The maximum absolute atomic E-state index is 5.66. The Morgan fingerprint density at radius 2 is 1.64 bits per heavy atom. The van der Waals surface area contributed by atoms with Crippen LogP contribution in [0.1, 0.15) is 29.7 Å². The number of aryl methyl sites for hydroxylation is 1. The molecule has 0 spiro atoms. The number of hydrogen-bond acceptors (Lipinski definition) is 3. The van der Waals surface area contributed by atoms with Gasteiger partial charge in [-0.1, -0.05) is 42.5 Å². The maximum atomic E-state index is 5.66. The average Bonchev–Trinajstić information content (AvgIpc) is 2.68.